The zero-order valence-electron chi connectivity index (χ0n) is 13.9. The highest BCUT2D eigenvalue weighted by Crippen LogP contribution is 2.29. The molecule has 0 fully saturated rings. The summed E-state index contributed by atoms with van der Waals surface area (Å²) in [5, 5.41) is 3.53. The van der Waals surface area contributed by atoms with Crippen molar-refractivity contribution in [1.82, 2.24) is 9.55 Å². The molecule has 0 spiro atoms. The van der Waals surface area contributed by atoms with Crippen molar-refractivity contribution in [3.63, 3.8) is 0 Å². The van der Waals surface area contributed by atoms with E-state index in [1.807, 2.05) is 40.9 Å². The van der Waals surface area contributed by atoms with Gasteiger partial charge in [0.15, 0.2) is 5.69 Å². The van der Waals surface area contributed by atoms with Gasteiger partial charge in [0.05, 0.1) is 17.9 Å². The van der Waals surface area contributed by atoms with E-state index in [1.54, 1.807) is 23.9 Å². The fourth-order valence-electron chi connectivity index (χ4n) is 2.70. The molecule has 0 amide bonds. The molecular weight excluding hydrogens is 288 g/mol. The molecule has 23 heavy (non-hydrogen) atoms. The average molecular weight is 309 g/mol. The van der Waals surface area contributed by atoms with Gasteiger partial charge >= 0.3 is 0 Å². The third-order valence-corrected chi connectivity index (χ3v) is 3.51. The van der Waals surface area contributed by atoms with Crippen molar-refractivity contribution in [1.29, 1.82) is 0 Å². The lowest BCUT2D eigenvalue weighted by Crippen LogP contribution is -2.33. The predicted octanol–water partition coefficient (Wildman–Crippen LogP) is 3.16. The molecule has 0 unspecified atom stereocenters. The van der Waals surface area contributed by atoms with Gasteiger partial charge in [-0.2, -0.15) is 8.97 Å². The van der Waals surface area contributed by atoms with E-state index in [9.17, 15) is 4.79 Å². The fraction of sp³-hybridized carbons (Fsp3) is 0.278. The predicted molar refractivity (Wildman–Crippen MR) is 90.5 cm³/mol. The van der Waals surface area contributed by atoms with E-state index in [0.717, 1.165) is 22.7 Å². The van der Waals surface area contributed by atoms with Crippen molar-refractivity contribution < 1.29 is 9.20 Å². The van der Waals surface area contributed by atoms with Crippen LogP contribution in [0.3, 0.4) is 0 Å². The van der Waals surface area contributed by atoms with Crippen LogP contribution in [0.2, 0.25) is 0 Å². The first-order valence-electron chi connectivity index (χ1n) is 7.63. The van der Waals surface area contributed by atoms with E-state index in [1.165, 1.54) is 0 Å². The Hall–Kier alpha value is -2.69. The van der Waals surface area contributed by atoms with Crippen LogP contribution in [0.4, 0.5) is 5.82 Å². The van der Waals surface area contributed by atoms with Crippen molar-refractivity contribution in [3.05, 3.63) is 48.9 Å². The zero-order chi connectivity index (χ0) is 16.6. The number of aromatic nitrogens is 3. The maximum Gasteiger partial charge on any atom is 0.284 e. The third kappa shape index (κ3) is 2.82. The lowest BCUT2D eigenvalue weighted by molar-refractivity contribution is -0.495. The first-order valence-corrected chi connectivity index (χ1v) is 7.63. The summed E-state index contributed by atoms with van der Waals surface area (Å²) < 4.78 is 3.68. The van der Waals surface area contributed by atoms with E-state index in [4.69, 9.17) is 0 Å². The van der Waals surface area contributed by atoms with Crippen molar-refractivity contribution >= 4 is 17.4 Å². The van der Waals surface area contributed by atoms with Gasteiger partial charge in [0.25, 0.3) is 17.4 Å². The molecule has 1 aromatic carbocycles. The van der Waals surface area contributed by atoms with Crippen molar-refractivity contribution in [2.75, 3.05) is 5.32 Å². The summed E-state index contributed by atoms with van der Waals surface area (Å²) in [7, 11) is 0. The topological polar surface area (TPSA) is 51.0 Å². The van der Waals surface area contributed by atoms with Gasteiger partial charge < -0.3 is 0 Å². The Labute approximate surface area is 135 Å². The Morgan fingerprint density at radius 2 is 1.91 bits per heavy atom. The second kappa shape index (κ2) is 5.50. The van der Waals surface area contributed by atoms with Gasteiger partial charge in [0.1, 0.15) is 6.20 Å². The highest BCUT2D eigenvalue weighted by atomic mass is 16.1. The van der Waals surface area contributed by atoms with Crippen molar-refractivity contribution in [2.24, 2.45) is 0 Å². The Kier molecular flexibility index (Phi) is 3.64. The molecular formula is C18H21N4O+. The molecule has 2 aromatic heterocycles. The summed E-state index contributed by atoms with van der Waals surface area (Å²) in [5.74, 6) is 0.840. The molecule has 0 atom stereocenters. The molecule has 0 aliphatic rings. The number of imidazole rings is 1. The van der Waals surface area contributed by atoms with Crippen LogP contribution < -0.4 is 9.72 Å². The normalized spacial score (nSPS) is 11.7. The lowest BCUT2D eigenvalue weighted by atomic mass is 10.1. The van der Waals surface area contributed by atoms with E-state index >= 15 is 0 Å². The number of fused-ring (bicyclic) bond motifs is 1. The summed E-state index contributed by atoms with van der Waals surface area (Å²) in [4.78, 5) is 16.5. The van der Waals surface area contributed by atoms with Crippen molar-refractivity contribution in [2.45, 2.75) is 33.2 Å². The Balaban J connectivity index is 2.41. The molecule has 1 N–H and O–H groups in total. The maximum atomic E-state index is 12.3. The average Bonchev–Trinajstić information content (AvgIpc) is 2.81. The number of benzene rings is 1. The van der Waals surface area contributed by atoms with Gasteiger partial charge in [-0.1, -0.05) is 30.3 Å². The fourth-order valence-corrected chi connectivity index (χ4v) is 2.70. The van der Waals surface area contributed by atoms with Crippen LogP contribution in [0, 0.1) is 0 Å². The summed E-state index contributed by atoms with van der Waals surface area (Å²) in [6.07, 6.45) is 5.30. The monoisotopic (exact) mass is 309 g/mol. The lowest BCUT2D eigenvalue weighted by Gasteiger charge is -2.17. The van der Waals surface area contributed by atoms with Crippen molar-refractivity contribution in [3.8, 4) is 11.3 Å². The van der Waals surface area contributed by atoms with Crippen LogP contribution in [-0.2, 0) is 0 Å². The number of rotatable bonds is 2. The molecule has 0 aliphatic heterocycles. The highest BCUT2D eigenvalue weighted by molar-refractivity contribution is 5.89. The largest absolute Gasteiger partial charge is 0.298 e. The molecule has 3 aromatic rings. The molecule has 0 saturated heterocycles. The van der Waals surface area contributed by atoms with Crippen LogP contribution in [0.25, 0.3) is 16.9 Å². The Morgan fingerprint density at radius 1 is 1.22 bits per heavy atom. The number of nitrogens with one attached hydrogen (secondary N) is 1. The number of carbonyl (C=O) groups excluding carboxylic acids is 1. The molecule has 0 radical (unpaired) electrons. The van der Waals surface area contributed by atoms with Gasteiger partial charge in [0, 0.05) is 12.5 Å². The van der Waals surface area contributed by atoms with Crippen LogP contribution in [0.15, 0.2) is 48.9 Å². The quantitative estimate of drug-likeness (QED) is 0.740. The minimum atomic E-state index is -0.143. The second-order valence-corrected chi connectivity index (χ2v) is 6.60. The molecule has 118 valence electrons. The summed E-state index contributed by atoms with van der Waals surface area (Å²) in [6, 6.07) is 9.93. The summed E-state index contributed by atoms with van der Waals surface area (Å²) in [6.45, 7) is 7.86. The molecule has 3 rings (SSSR count). The smallest absolute Gasteiger partial charge is 0.284 e. The van der Waals surface area contributed by atoms with E-state index in [0.29, 0.717) is 0 Å². The SMILES string of the molecule is CC(=O)n1c(-c2ccccc2)c(NC(C)(C)C)[n+]2ccncc12. The maximum absolute atomic E-state index is 12.3. The minimum absolute atomic E-state index is 0.0451. The second-order valence-electron chi connectivity index (χ2n) is 6.60. The van der Waals surface area contributed by atoms with Gasteiger partial charge in [0.2, 0.25) is 0 Å². The van der Waals surface area contributed by atoms with Gasteiger partial charge in [-0.25, -0.2) is 0 Å². The first-order chi connectivity index (χ1) is 10.9. The third-order valence-electron chi connectivity index (χ3n) is 3.51. The van der Waals surface area contributed by atoms with Crippen LogP contribution in [-0.4, -0.2) is 21.0 Å². The Morgan fingerprint density at radius 3 is 2.52 bits per heavy atom. The standard InChI is InChI=1S/C18H21N4O/c1-13(23)22-15-12-19-10-11-21(15)17(20-18(2,3)4)16(22)14-8-6-5-7-9-14/h5-12,20H,1-4H3/q+1. The van der Waals surface area contributed by atoms with Crippen LogP contribution in [0.5, 0.6) is 0 Å². The van der Waals surface area contributed by atoms with Gasteiger partial charge in [-0.15, -0.1) is 0 Å². The zero-order valence-corrected chi connectivity index (χ0v) is 13.9. The first kappa shape index (κ1) is 15.2. The van der Waals surface area contributed by atoms with E-state index < -0.39 is 0 Å². The molecule has 5 heteroatoms. The minimum Gasteiger partial charge on any atom is -0.298 e. The van der Waals surface area contributed by atoms with Crippen LogP contribution in [0.1, 0.15) is 32.5 Å². The summed E-state index contributed by atoms with van der Waals surface area (Å²) in [5.41, 5.74) is 2.43. The molecule has 5 nitrogen and oxygen atoms in total. The number of hydrogen-bond acceptors (Lipinski definition) is 3. The van der Waals surface area contributed by atoms with Gasteiger partial charge in [-0.3, -0.25) is 15.1 Å². The van der Waals surface area contributed by atoms with Gasteiger partial charge in [-0.05, 0) is 20.8 Å². The molecule has 0 saturated carbocycles. The summed E-state index contributed by atoms with van der Waals surface area (Å²) >= 11 is 0. The van der Waals surface area contributed by atoms with Crippen LogP contribution >= 0.6 is 0 Å². The number of nitrogens with zero attached hydrogens (tertiary/aromatic N) is 3. The highest BCUT2D eigenvalue weighted by Gasteiger charge is 2.30. The van der Waals surface area contributed by atoms with E-state index in [-0.39, 0.29) is 11.4 Å². The van der Waals surface area contributed by atoms with E-state index in [2.05, 4.69) is 31.1 Å². The Bertz CT molecular complexity index is 860. The molecule has 0 aliphatic carbocycles. The molecule has 0 bridgehead atoms. The number of hydrogen-bond donors (Lipinski definition) is 1. The number of carbonyl (C=O) groups is 1. The number of anilines is 1. The molecule has 2 heterocycles.